The topological polar surface area (TPSA) is 43.9 Å². The molecule has 0 aliphatic carbocycles. The zero-order chi connectivity index (χ0) is 23.2. The highest BCUT2D eigenvalue weighted by atomic mass is 35.5. The van der Waals surface area contributed by atoms with Gasteiger partial charge in [-0.1, -0.05) is 60.1 Å². The van der Waals surface area contributed by atoms with Crippen LogP contribution >= 0.6 is 11.6 Å². The minimum absolute atomic E-state index is 0.0323. The van der Waals surface area contributed by atoms with Gasteiger partial charge in [0.05, 0.1) is 12.0 Å². The van der Waals surface area contributed by atoms with Gasteiger partial charge in [-0.15, -0.1) is 0 Å². The number of piperazine rings is 1. The van der Waals surface area contributed by atoms with E-state index in [1.165, 1.54) is 5.56 Å². The lowest BCUT2D eigenvalue weighted by Gasteiger charge is -2.47. The molecule has 0 radical (unpaired) electrons. The number of fused-ring (bicyclic) bond motifs is 4. The third kappa shape index (κ3) is 3.46. The molecule has 5 nitrogen and oxygen atoms in total. The van der Waals surface area contributed by atoms with Crippen LogP contribution in [-0.4, -0.2) is 54.3 Å². The van der Waals surface area contributed by atoms with Crippen molar-refractivity contribution in [3.8, 4) is 0 Å². The second-order valence-corrected chi connectivity index (χ2v) is 9.69. The highest BCUT2D eigenvalue weighted by Gasteiger charge is 2.47. The first-order valence-corrected chi connectivity index (χ1v) is 12.3. The Labute approximate surface area is 204 Å². The number of amides is 2. The van der Waals surface area contributed by atoms with Crippen LogP contribution in [0.2, 0.25) is 5.02 Å². The quantitative estimate of drug-likeness (QED) is 0.551. The molecule has 6 heteroatoms. The molecule has 34 heavy (non-hydrogen) atoms. The maximum Gasteiger partial charge on any atom is 0.254 e. The van der Waals surface area contributed by atoms with E-state index in [0.717, 1.165) is 41.3 Å². The van der Waals surface area contributed by atoms with E-state index in [-0.39, 0.29) is 17.9 Å². The van der Waals surface area contributed by atoms with Crippen LogP contribution in [0.15, 0.2) is 72.8 Å². The summed E-state index contributed by atoms with van der Waals surface area (Å²) in [5, 5.41) is 0.718. The van der Waals surface area contributed by atoms with E-state index in [0.29, 0.717) is 25.2 Å². The molecule has 1 saturated heterocycles. The number of nitrogens with zero attached hydrogens (tertiary/aromatic N) is 3. The van der Waals surface area contributed by atoms with E-state index in [9.17, 15) is 9.59 Å². The fourth-order valence-electron chi connectivity index (χ4n) is 5.80. The van der Waals surface area contributed by atoms with Crippen molar-refractivity contribution in [2.45, 2.75) is 18.4 Å². The van der Waals surface area contributed by atoms with Gasteiger partial charge in [-0.05, 0) is 47.4 Å². The van der Waals surface area contributed by atoms with Gasteiger partial charge in [0.2, 0.25) is 5.91 Å². The summed E-state index contributed by atoms with van der Waals surface area (Å²) in [6.07, 6.45) is 0.819. The standard InChI is InChI=1S/C28H26ClN3O2/c29-20-7-5-8-21(18-20)30-14-16-31(17-15-30)28(34)25-23-10-3-4-11-24(23)27(33)32-13-12-19-6-1-2-9-22(19)26(25)32/h1-11,18,25-26H,12-17H2/t25-,26-/m1/s1. The maximum atomic E-state index is 14.1. The van der Waals surface area contributed by atoms with Crippen LogP contribution in [0.1, 0.15) is 39.0 Å². The second-order valence-electron chi connectivity index (χ2n) is 9.25. The molecule has 3 aromatic rings. The average molecular weight is 472 g/mol. The summed E-state index contributed by atoms with van der Waals surface area (Å²) in [5.41, 5.74) is 4.94. The number of anilines is 1. The van der Waals surface area contributed by atoms with Gasteiger partial charge in [0.15, 0.2) is 0 Å². The smallest absolute Gasteiger partial charge is 0.254 e. The van der Waals surface area contributed by atoms with Crippen LogP contribution in [0.5, 0.6) is 0 Å². The summed E-state index contributed by atoms with van der Waals surface area (Å²) < 4.78 is 0. The molecule has 0 bridgehead atoms. The molecule has 0 N–H and O–H groups in total. The summed E-state index contributed by atoms with van der Waals surface area (Å²) in [4.78, 5) is 33.7. The monoisotopic (exact) mass is 471 g/mol. The molecular weight excluding hydrogens is 446 g/mol. The van der Waals surface area contributed by atoms with Crippen LogP contribution in [0.4, 0.5) is 5.69 Å². The van der Waals surface area contributed by atoms with Crippen molar-refractivity contribution in [2.75, 3.05) is 37.6 Å². The predicted octanol–water partition coefficient (Wildman–Crippen LogP) is 4.53. The van der Waals surface area contributed by atoms with E-state index < -0.39 is 5.92 Å². The molecule has 3 aliphatic heterocycles. The molecular formula is C28H26ClN3O2. The predicted molar refractivity (Wildman–Crippen MR) is 133 cm³/mol. The van der Waals surface area contributed by atoms with E-state index in [2.05, 4.69) is 23.1 Å². The number of halogens is 1. The Kier molecular flexibility index (Phi) is 5.30. The van der Waals surface area contributed by atoms with Gasteiger partial charge in [-0.3, -0.25) is 9.59 Å². The Morgan fingerprint density at radius 2 is 1.56 bits per heavy atom. The Balaban J connectivity index is 1.33. The Morgan fingerprint density at radius 3 is 2.35 bits per heavy atom. The van der Waals surface area contributed by atoms with E-state index >= 15 is 0 Å². The average Bonchev–Trinajstić information content (AvgIpc) is 2.89. The summed E-state index contributed by atoms with van der Waals surface area (Å²) in [6.45, 7) is 3.44. The van der Waals surface area contributed by atoms with Crippen molar-refractivity contribution in [3.05, 3.63) is 100 Å². The van der Waals surface area contributed by atoms with Gasteiger partial charge in [-0.25, -0.2) is 0 Å². The van der Waals surface area contributed by atoms with Gasteiger partial charge in [0.1, 0.15) is 0 Å². The lowest BCUT2D eigenvalue weighted by Crippen LogP contribution is -2.54. The lowest BCUT2D eigenvalue weighted by molar-refractivity contribution is -0.135. The van der Waals surface area contributed by atoms with E-state index in [1.54, 1.807) is 0 Å². The number of carbonyl (C=O) groups is 2. The molecule has 1 fully saturated rings. The highest BCUT2D eigenvalue weighted by molar-refractivity contribution is 6.30. The van der Waals surface area contributed by atoms with Crippen molar-refractivity contribution in [1.82, 2.24) is 9.80 Å². The zero-order valence-electron chi connectivity index (χ0n) is 18.9. The maximum absolute atomic E-state index is 14.1. The first-order chi connectivity index (χ1) is 16.6. The number of hydrogen-bond acceptors (Lipinski definition) is 3. The SMILES string of the molecule is O=C([C@@H]1c2ccccc2C(=O)N2CCc3ccccc3[C@H]12)N1CCN(c2cccc(Cl)c2)CC1. The van der Waals surface area contributed by atoms with Crippen molar-refractivity contribution in [3.63, 3.8) is 0 Å². The Bertz CT molecular complexity index is 1270. The van der Waals surface area contributed by atoms with Crippen LogP contribution in [0.3, 0.4) is 0 Å². The number of hydrogen-bond donors (Lipinski definition) is 0. The van der Waals surface area contributed by atoms with Gasteiger partial charge < -0.3 is 14.7 Å². The fourth-order valence-corrected chi connectivity index (χ4v) is 5.98. The molecule has 3 aliphatic rings. The number of carbonyl (C=O) groups excluding carboxylic acids is 2. The molecule has 3 aromatic carbocycles. The molecule has 6 rings (SSSR count). The van der Waals surface area contributed by atoms with Gasteiger partial charge >= 0.3 is 0 Å². The molecule has 172 valence electrons. The van der Waals surface area contributed by atoms with Crippen LogP contribution in [0.25, 0.3) is 0 Å². The third-order valence-electron chi connectivity index (χ3n) is 7.47. The minimum Gasteiger partial charge on any atom is -0.368 e. The highest BCUT2D eigenvalue weighted by Crippen LogP contribution is 2.46. The first kappa shape index (κ1) is 21.2. The largest absolute Gasteiger partial charge is 0.368 e. The Morgan fingerprint density at radius 1 is 0.824 bits per heavy atom. The number of benzene rings is 3. The van der Waals surface area contributed by atoms with Crippen molar-refractivity contribution in [2.24, 2.45) is 0 Å². The van der Waals surface area contributed by atoms with Gasteiger partial charge in [0.25, 0.3) is 5.91 Å². The third-order valence-corrected chi connectivity index (χ3v) is 7.70. The minimum atomic E-state index is -0.395. The van der Waals surface area contributed by atoms with Crippen LogP contribution < -0.4 is 4.90 Å². The molecule has 0 aromatic heterocycles. The summed E-state index contributed by atoms with van der Waals surface area (Å²) in [7, 11) is 0. The van der Waals surface area contributed by atoms with E-state index in [1.807, 2.05) is 64.4 Å². The molecule has 2 atom stereocenters. The summed E-state index contributed by atoms with van der Waals surface area (Å²) >= 11 is 6.19. The van der Waals surface area contributed by atoms with Gasteiger partial charge in [0, 0.05) is 49.0 Å². The fraction of sp³-hybridized carbons (Fsp3) is 0.286. The van der Waals surface area contributed by atoms with Crippen molar-refractivity contribution < 1.29 is 9.59 Å². The van der Waals surface area contributed by atoms with Crippen molar-refractivity contribution >= 4 is 29.1 Å². The second kappa shape index (κ2) is 8.48. The summed E-state index contributed by atoms with van der Waals surface area (Å²) in [5.74, 6) is -0.254. The molecule has 2 amide bonds. The molecule has 0 unspecified atom stereocenters. The van der Waals surface area contributed by atoms with Gasteiger partial charge in [-0.2, -0.15) is 0 Å². The number of rotatable bonds is 2. The molecule has 3 heterocycles. The zero-order valence-corrected chi connectivity index (χ0v) is 19.6. The van der Waals surface area contributed by atoms with Crippen molar-refractivity contribution in [1.29, 1.82) is 0 Å². The molecule has 0 saturated carbocycles. The van der Waals surface area contributed by atoms with Crippen LogP contribution in [-0.2, 0) is 11.2 Å². The Hall–Kier alpha value is -3.31. The summed E-state index contributed by atoms with van der Waals surface area (Å²) in [6, 6.07) is 23.5. The van der Waals surface area contributed by atoms with Crippen LogP contribution in [0, 0.1) is 0 Å². The molecule has 0 spiro atoms. The lowest BCUT2D eigenvalue weighted by atomic mass is 9.75. The first-order valence-electron chi connectivity index (χ1n) is 11.9. The van der Waals surface area contributed by atoms with E-state index in [4.69, 9.17) is 11.6 Å². The normalized spacial score (nSPS) is 21.6.